The molecule has 0 radical (unpaired) electrons. The van der Waals surface area contributed by atoms with Crippen LogP contribution >= 0.6 is 11.6 Å². The van der Waals surface area contributed by atoms with Gasteiger partial charge in [0, 0.05) is 36.9 Å². The highest BCUT2D eigenvalue weighted by Gasteiger charge is 2.22. The SMILES string of the molecule is C=C(/C=C/CNCCCc1ccc(C2=C(c3ccc(F)cc3C)CCCc3ccccc32)c(Cl)c1)N(C)C. The third-order valence-corrected chi connectivity index (χ3v) is 7.56. The highest BCUT2D eigenvalue weighted by Crippen LogP contribution is 2.42. The van der Waals surface area contributed by atoms with Crippen LogP contribution in [-0.2, 0) is 12.8 Å². The monoisotopic (exact) mass is 528 g/mol. The molecular formula is C34H38ClFN2. The van der Waals surface area contributed by atoms with E-state index in [1.54, 1.807) is 12.1 Å². The molecule has 38 heavy (non-hydrogen) atoms. The standard InChI is InChI=1S/C34H38ClFN2/c1-24-22-28(36)17-19-29(24)31-15-7-13-27-12-5-6-14-30(27)34(31)32-18-16-26(23-33(32)35)11-9-21-37-20-8-10-25(2)38(3)4/h5-6,8,10,12,14,16-19,22-23,37H,2,7,9,11,13,15,20-21H2,1,3-4H3/b10-8+. The van der Waals surface area contributed by atoms with Crippen molar-refractivity contribution in [1.82, 2.24) is 10.2 Å². The Bertz CT molecular complexity index is 1350. The van der Waals surface area contributed by atoms with Crippen molar-refractivity contribution in [3.8, 4) is 0 Å². The van der Waals surface area contributed by atoms with Gasteiger partial charge in [-0.3, -0.25) is 0 Å². The van der Waals surface area contributed by atoms with Crippen molar-refractivity contribution in [3.63, 3.8) is 0 Å². The second-order valence-electron chi connectivity index (χ2n) is 10.2. The minimum Gasteiger partial charge on any atom is -0.378 e. The number of nitrogens with one attached hydrogen (secondary N) is 1. The first kappa shape index (κ1) is 27.9. The molecule has 0 fully saturated rings. The lowest BCUT2D eigenvalue weighted by atomic mass is 9.86. The number of fused-ring (bicyclic) bond motifs is 1. The van der Waals surface area contributed by atoms with E-state index in [0.717, 1.165) is 72.6 Å². The molecule has 4 rings (SSSR count). The summed E-state index contributed by atoms with van der Waals surface area (Å²) in [6.07, 6.45) is 9.12. The number of aryl methyl sites for hydroxylation is 3. The van der Waals surface area contributed by atoms with E-state index in [2.05, 4.69) is 60.4 Å². The molecule has 4 heteroatoms. The maximum Gasteiger partial charge on any atom is 0.123 e. The minimum atomic E-state index is -0.200. The molecule has 0 saturated heterocycles. The Balaban J connectivity index is 1.56. The lowest BCUT2D eigenvalue weighted by Crippen LogP contribution is -2.16. The van der Waals surface area contributed by atoms with Gasteiger partial charge in [0.2, 0.25) is 0 Å². The molecule has 0 unspecified atom stereocenters. The fourth-order valence-corrected chi connectivity index (χ4v) is 5.43. The quantitative estimate of drug-likeness (QED) is 0.210. The fraction of sp³-hybridized carbons (Fsp3) is 0.294. The summed E-state index contributed by atoms with van der Waals surface area (Å²) >= 11 is 7.01. The van der Waals surface area contributed by atoms with E-state index < -0.39 is 0 Å². The normalized spacial score (nSPS) is 13.5. The predicted octanol–water partition coefficient (Wildman–Crippen LogP) is 8.24. The summed E-state index contributed by atoms with van der Waals surface area (Å²) in [5, 5.41) is 4.23. The zero-order chi connectivity index (χ0) is 27.1. The molecule has 0 amide bonds. The summed E-state index contributed by atoms with van der Waals surface area (Å²) in [6, 6.07) is 20.2. The van der Waals surface area contributed by atoms with Crippen molar-refractivity contribution >= 4 is 22.7 Å². The zero-order valence-electron chi connectivity index (χ0n) is 22.8. The van der Waals surface area contributed by atoms with Gasteiger partial charge in [0.25, 0.3) is 0 Å². The molecule has 198 valence electrons. The van der Waals surface area contributed by atoms with Crippen molar-refractivity contribution in [2.24, 2.45) is 0 Å². The van der Waals surface area contributed by atoms with Crippen LogP contribution in [0.1, 0.15) is 52.6 Å². The van der Waals surface area contributed by atoms with Crippen molar-refractivity contribution in [3.05, 3.63) is 129 Å². The molecule has 1 aliphatic carbocycles. The Morgan fingerprint density at radius 2 is 1.82 bits per heavy atom. The second-order valence-corrected chi connectivity index (χ2v) is 10.6. The molecule has 3 aromatic carbocycles. The number of likely N-dealkylation sites (N-methyl/N-ethyl adjacent to an activating group) is 1. The number of benzene rings is 3. The molecule has 0 spiro atoms. The molecule has 0 saturated carbocycles. The van der Waals surface area contributed by atoms with Gasteiger partial charge in [-0.2, -0.15) is 0 Å². The molecule has 2 nitrogen and oxygen atoms in total. The average Bonchev–Trinajstić information content (AvgIpc) is 3.07. The number of hydrogen-bond donors (Lipinski definition) is 1. The molecule has 0 heterocycles. The maximum atomic E-state index is 14.0. The number of hydrogen-bond acceptors (Lipinski definition) is 2. The highest BCUT2D eigenvalue weighted by atomic mass is 35.5. The molecular weight excluding hydrogens is 491 g/mol. The molecule has 0 aliphatic heterocycles. The zero-order valence-corrected chi connectivity index (χ0v) is 23.5. The number of halogens is 2. The molecule has 1 aliphatic rings. The Labute approximate surface area is 232 Å². The summed E-state index contributed by atoms with van der Waals surface area (Å²) in [7, 11) is 3.98. The van der Waals surface area contributed by atoms with Crippen molar-refractivity contribution in [2.45, 2.75) is 39.0 Å². The lowest BCUT2D eigenvalue weighted by Gasteiger charge is -2.19. The Kier molecular flexibility index (Phi) is 9.60. The van der Waals surface area contributed by atoms with Gasteiger partial charge in [-0.25, -0.2) is 4.39 Å². The van der Waals surface area contributed by atoms with Crippen LogP contribution in [0, 0.1) is 12.7 Å². The molecule has 0 atom stereocenters. The summed E-state index contributed by atoms with van der Waals surface area (Å²) < 4.78 is 14.0. The van der Waals surface area contributed by atoms with Crippen LogP contribution in [0.4, 0.5) is 4.39 Å². The van der Waals surface area contributed by atoms with Crippen LogP contribution in [0.2, 0.25) is 5.02 Å². The van der Waals surface area contributed by atoms with E-state index in [0.29, 0.717) is 0 Å². The fourth-order valence-electron chi connectivity index (χ4n) is 5.13. The van der Waals surface area contributed by atoms with Crippen LogP contribution < -0.4 is 5.32 Å². The molecule has 0 bridgehead atoms. The van der Waals surface area contributed by atoms with E-state index in [4.69, 9.17) is 11.6 Å². The van der Waals surface area contributed by atoms with E-state index in [1.165, 1.54) is 27.8 Å². The van der Waals surface area contributed by atoms with Gasteiger partial charge in [-0.1, -0.05) is 66.7 Å². The van der Waals surface area contributed by atoms with Gasteiger partial charge >= 0.3 is 0 Å². The first-order valence-corrected chi connectivity index (χ1v) is 13.8. The smallest absolute Gasteiger partial charge is 0.123 e. The summed E-state index contributed by atoms with van der Waals surface area (Å²) in [4.78, 5) is 2.00. The topological polar surface area (TPSA) is 15.3 Å². The minimum absolute atomic E-state index is 0.200. The van der Waals surface area contributed by atoms with E-state index >= 15 is 0 Å². The van der Waals surface area contributed by atoms with Gasteiger partial charge in [0.1, 0.15) is 5.82 Å². The molecule has 0 aromatic heterocycles. The first-order valence-electron chi connectivity index (χ1n) is 13.5. The third kappa shape index (κ3) is 6.83. The van der Waals surface area contributed by atoms with Crippen LogP contribution in [0.25, 0.3) is 11.1 Å². The number of allylic oxidation sites excluding steroid dienone is 2. The summed E-state index contributed by atoms with van der Waals surface area (Å²) in [6.45, 7) is 7.76. The van der Waals surface area contributed by atoms with Crippen molar-refractivity contribution in [2.75, 3.05) is 27.2 Å². The van der Waals surface area contributed by atoms with Crippen LogP contribution in [-0.4, -0.2) is 32.1 Å². The van der Waals surface area contributed by atoms with E-state index in [-0.39, 0.29) is 5.82 Å². The summed E-state index contributed by atoms with van der Waals surface area (Å²) in [5.41, 5.74) is 10.3. The second kappa shape index (κ2) is 13.1. The predicted molar refractivity (Wildman–Crippen MR) is 161 cm³/mol. The third-order valence-electron chi connectivity index (χ3n) is 7.24. The average molecular weight is 529 g/mol. The van der Waals surface area contributed by atoms with Gasteiger partial charge in [-0.05, 0) is 109 Å². The number of nitrogens with zero attached hydrogens (tertiary/aromatic N) is 1. The van der Waals surface area contributed by atoms with Gasteiger partial charge in [0.15, 0.2) is 0 Å². The molecule has 3 aromatic rings. The largest absolute Gasteiger partial charge is 0.378 e. The van der Waals surface area contributed by atoms with Crippen molar-refractivity contribution < 1.29 is 4.39 Å². The van der Waals surface area contributed by atoms with E-state index in [1.807, 2.05) is 38.1 Å². The first-order chi connectivity index (χ1) is 18.3. The van der Waals surface area contributed by atoms with Gasteiger partial charge in [-0.15, -0.1) is 0 Å². The Hall–Kier alpha value is -3.14. The Morgan fingerprint density at radius 1 is 1.03 bits per heavy atom. The van der Waals surface area contributed by atoms with Gasteiger partial charge in [0.05, 0.1) is 0 Å². The van der Waals surface area contributed by atoms with Crippen LogP contribution in [0.15, 0.2) is 85.1 Å². The Morgan fingerprint density at radius 3 is 2.58 bits per heavy atom. The molecule has 1 N–H and O–H groups in total. The van der Waals surface area contributed by atoms with Gasteiger partial charge < -0.3 is 10.2 Å². The maximum absolute atomic E-state index is 14.0. The van der Waals surface area contributed by atoms with Crippen LogP contribution in [0.3, 0.4) is 0 Å². The van der Waals surface area contributed by atoms with Crippen molar-refractivity contribution in [1.29, 1.82) is 0 Å². The van der Waals surface area contributed by atoms with E-state index in [9.17, 15) is 4.39 Å². The van der Waals surface area contributed by atoms with Crippen LogP contribution in [0.5, 0.6) is 0 Å². The highest BCUT2D eigenvalue weighted by molar-refractivity contribution is 6.33. The lowest BCUT2D eigenvalue weighted by molar-refractivity contribution is 0.532. The summed E-state index contributed by atoms with van der Waals surface area (Å²) in [5.74, 6) is -0.200. The number of rotatable bonds is 10.